The molecule has 0 fully saturated rings. The van der Waals surface area contributed by atoms with E-state index in [1.54, 1.807) is 12.3 Å². The molecule has 23 heavy (non-hydrogen) atoms. The number of nitrogens with zero attached hydrogens (tertiary/aromatic N) is 3. The number of anilines is 1. The minimum absolute atomic E-state index is 0.192. The molecule has 3 rings (SSSR count). The molecule has 1 amide bonds. The Morgan fingerprint density at radius 1 is 1.35 bits per heavy atom. The molecule has 0 saturated heterocycles. The van der Waals surface area contributed by atoms with Gasteiger partial charge in [-0.1, -0.05) is 13.0 Å². The highest BCUT2D eigenvalue weighted by Gasteiger charge is 2.15. The van der Waals surface area contributed by atoms with Gasteiger partial charge in [-0.2, -0.15) is 0 Å². The summed E-state index contributed by atoms with van der Waals surface area (Å²) in [5.74, 6) is -0.276. The average molecular weight is 311 g/mol. The van der Waals surface area contributed by atoms with E-state index in [4.69, 9.17) is 5.73 Å². The number of aromatic nitrogens is 3. The topological polar surface area (TPSA) is 102 Å². The summed E-state index contributed by atoms with van der Waals surface area (Å²) in [5, 5.41) is 3.32. The molecule has 0 aliphatic carbocycles. The van der Waals surface area contributed by atoms with Crippen molar-refractivity contribution in [3.63, 3.8) is 0 Å². The van der Waals surface area contributed by atoms with Crippen molar-refractivity contribution >= 4 is 28.4 Å². The minimum atomic E-state index is -0.633. The number of pyridine rings is 2. The van der Waals surface area contributed by atoms with Gasteiger partial charge in [0.05, 0.1) is 10.9 Å². The van der Waals surface area contributed by atoms with Crippen LogP contribution in [0.2, 0.25) is 0 Å². The molecule has 3 N–H and O–H groups in total. The number of primary amides is 1. The van der Waals surface area contributed by atoms with E-state index in [0.29, 0.717) is 23.7 Å². The van der Waals surface area contributed by atoms with Crippen molar-refractivity contribution in [3.05, 3.63) is 45.9 Å². The molecule has 3 aromatic rings. The summed E-state index contributed by atoms with van der Waals surface area (Å²) in [6.07, 6.45) is 2.57. The number of aryl methyl sites for hydroxylation is 1. The highest BCUT2D eigenvalue weighted by molar-refractivity contribution is 6.00. The van der Waals surface area contributed by atoms with Crippen LogP contribution in [0.5, 0.6) is 0 Å². The Bertz CT molecular complexity index is 978. The SMILES string of the molecule is CCCNc1nc2nc3ccc(C)cn3c(=O)c2cc1C(N)=O. The maximum Gasteiger partial charge on any atom is 0.267 e. The van der Waals surface area contributed by atoms with Gasteiger partial charge in [-0.15, -0.1) is 0 Å². The lowest BCUT2D eigenvalue weighted by Crippen LogP contribution is -2.20. The lowest BCUT2D eigenvalue weighted by molar-refractivity contribution is 0.100. The van der Waals surface area contributed by atoms with E-state index in [-0.39, 0.29) is 16.5 Å². The Morgan fingerprint density at radius 2 is 2.13 bits per heavy atom. The first-order valence-electron chi connectivity index (χ1n) is 7.38. The fourth-order valence-corrected chi connectivity index (χ4v) is 2.40. The molecule has 0 unspecified atom stereocenters. The van der Waals surface area contributed by atoms with Crippen LogP contribution in [-0.4, -0.2) is 26.8 Å². The van der Waals surface area contributed by atoms with Crippen molar-refractivity contribution in [2.24, 2.45) is 5.73 Å². The number of carbonyl (C=O) groups is 1. The molecule has 3 aromatic heterocycles. The van der Waals surface area contributed by atoms with Gasteiger partial charge >= 0.3 is 0 Å². The Labute approximate surface area is 132 Å². The van der Waals surface area contributed by atoms with Gasteiger partial charge in [-0.05, 0) is 31.0 Å². The van der Waals surface area contributed by atoms with Crippen LogP contribution in [0.1, 0.15) is 29.3 Å². The van der Waals surface area contributed by atoms with Gasteiger partial charge in [0, 0.05) is 12.7 Å². The Kier molecular flexibility index (Phi) is 3.69. The molecule has 0 bridgehead atoms. The number of rotatable bonds is 4. The second kappa shape index (κ2) is 5.68. The predicted molar refractivity (Wildman–Crippen MR) is 88.8 cm³/mol. The third kappa shape index (κ3) is 2.61. The summed E-state index contributed by atoms with van der Waals surface area (Å²) >= 11 is 0. The van der Waals surface area contributed by atoms with Gasteiger partial charge in [0.25, 0.3) is 11.5 Å². The van der Waals surface area contributed by atoms with E-state index in [1.165, 1.54) is 10.5 Å². The zero-order chi connectivity index (χ0) is 16.6. The van der Waals surface area contributed by atoms with Gasteiger partial charge in [-0.25, -0.2) is 9.97 Å². The van der Waals surface area contributed by atoms with E-state index >= 15 is 0 Å². The maximum atomic E-state index is 12.7. The molecule has 0 aromatic carbocycles. The molecular weight excluding hydrogens is 294 g/mol. The van der Waals surface area contributed by atoms with Crippen molar-refractivity contribution in [1.82, 2.24) is 14.4 Å². The number of hydrogen-bond donors (Lipinski definition) is 2. The number of hydrogen-bond acceptors (Lipinski definition) is 5. The summed E-state index contributed by atoms with van der Waals surface area (Å²) < 4.78 is 1.45. The third-order valence-corrected chi connectivity index (χ3v) is 3.55. The molecule has 118 valence electrons. The number of fused-ring (bicyclic) bond motifs is 2. The molecule has 0 aliphatic heterocycles. The fraction of sp³-hybridized carbons (Fsp3) is 0.250. The van der Waals surface area contributed by atoms with Gasteiger partial charge in [0.1, 0.15) is 11.5 Å². The van der Waals surface area contributed by atoms with E-state index in [1.807, 2.05) is 19.9 Å². The summed E-state index contributed by atoms with van der Waals surface area (Å²) in [5.41, 5.74) is 7.07. The van der Waals surface area contributed by atoms with Crippen molar-refractivity contribution < 1.29 is 4.79 Å². The normalized spacial score (nSPS) is 11.0. The van der Waals surface area contributed by atoms with Crippen LogP contribution in [0.4, 0.5) is 5.82 Å². The zero-order valence-corrected chi connectivity index (χ0v) is 13.0. The second-order valence-electron chi connectivity index (χ2n) is 5.40. The molecule has 7 heteroatoms. The lowest BCUT2D eigenvalue weighted by atomic mass is 10.2. The smallest absolute Gasteiger partial charge is 0.267 e. The zero-order valence-electron chi connectivity index (χ0n) is 13.0. The number of carbonyl (C=O) groups excluding carboxylic acids is 1. The predicted octanol–water partition coefficient (Wildman–Crippen LogP) is 1.47. The third-order valence-electron chi connectivity index (χ3n) is 3.55. The summed E-state index contributed by atoms with van der Waals surface area (Å²) in [4.78, 5) is 33.1. The first kappa shape index (κ1) is 15.0. The monoisotopic (exact) mass is 311 g/mol. The van der Waals surface area contributed by atoms with Gasteiger partial charge in [0.2, 0.25) is 0 Å². The molecule has 0 atom stereocenters. The van der Waals surface area contributed by atoms with Crippen LogP contribution in [0.3, 0.4) is 0 Å². The van der Waals surface area contributed by atoms with Crippen molar-refractivity contribution in [1.29, 1.82) is 0 Å². The highest BCUT2D eigenvalue weighted by Crippen LogP contribution is 2.18. The minimum Gasteiger partial charge on any atom is -0.369 e. The van der Waals surface area contributed by atoms with Gasteiger partial charge < -0.3 is 11.1 Å². The van der Waals surface area contributed by atoms with Crippen molar-refractivity contribution in [2.45, 2.75) is 20.3 Å². The van der Waals surface area contributed by atoms with Gasteiger partial charge in [0.15, 0.2) is 5.65 Å². The largest absolute Gasteiger partial charge is 0.369 e. The molecular formula is C16H17N5O2. The fourth-order valence-electron chi connectivity index (χ4n) is 2.40. The lowest BCUT2D eigenvalue weighted by Gasteiger charge is -2.10. The van der Waals surface area contributed by atoms with Crippen LogP contribution in [-0.2, 0) is 0 Å². The molecule has 0 aliphatic rings. The van der Waals surface area contributed by atoms with E-state index < -0.39 is 5.91 Å². The number of amides is 1. The van der Waals surface area contributed by atoms with Crippen LogP contribution in [0.25, 0.3) is 16.7 Å². The standard InChI is InChI=1S/C16H17N5O2/c1-3-6-18-14-10(13(17)22)7-11-15(20-14)19-12-5-4-9(2)8-21(12)16(11)23/h4-5,7-8H,3,6H2,1-2H3,(H2,17,22)(H,18,20). The maximum absolute atomic E-state index is 12.7. The van der Waals surface area contributed by atoms with Crippen LogP contribution in [0.15, 0.2) is 29.2 Å². The summed E-state index contributed by atoms with van der Waals surface area (Å²) in [6, 6.07) is 5.10. The molecule has 0 saturated carbocycles. The Hall–Kier alpha value is -2.96. The van der Waals surface area contributed by atoms with E-state index in [9.17, 15) is 9.59 Å². The van der Waals surface area contributed by atoms with Crippen LogP contribution in [0, 0.1) is 6.92 Å². The van der Waals surface area contributed by atoms with Crippen molar-refractivity contribution in [3.8, 4) is 0 Å². The summed E-state index contributed by atoms with van der Waals surface area (Å²) in [6.45, 7) is 4.53. The van der Waals surface area contributed by atoms with E-state index in [0.717, 1.165) is 12.0 Å². The quantitative estimate of drug-likeness (QED) is 0.710. The van der Waals surface area contributed by atoms with Gasteiger partial charge in [-0.3, -0.25) is 14.0 Å². The molecule has 3 heterocycles. The molecule has 0 radical (unpaired) electrons. The number of nitrogens with one attached hydrogen (secondary N) is 1. The Morgan fingerprint density at radius 3 is 2.83 bits per heavy atom. The molecule has 7 nitrogen and oxygen atoms in total. The van der Waals surface area contributed by atoms with Crippen LogP contribution < -0.4 is 16.6 Å². The van der Waals surface area contributed by atoms with Crippen LogP contribution >= 0.6 is 0 Å². The van der Waals surface area contributed by atoms with Crippen molar-refractivity contribution in [2.75, 3.05) is 11.9 Å². The second-order valence-corrected chi connectivity index (χ2v) is 5.40. The highest BCUT2D eigenvalue weighted by atomic mass is 16.1. The average Bonchev–Trinajstić information content (AvgIpc) is 2.53. The number of nitrogens with two attached hydrogens (primary N) is 1. The Balaban J connectivity index is 2.35. The first-order valence-corrected chi connectivity index (χ1v) is 7.38. The molecule has 0 spiro atoms. The first-order chi connectivity index (χ1) is 11.0. The van der Waals surface area contributed by atoms with E-state index in [2.05, 4.69) is 15.3 Å². The summed E-state index contributed by atoms with van der Waals surface area (Å²) in [7, 11) is 0.